The number of amides is 2. The van der Waals surface area contributed by atoms with Gasteiger partial charge in [0.05, 0.1) is 29.2 Å². The van der Waals surface area contributed by atoms with Crippen molar-refractivity contribution < 1.29 is 9.59 Å². The minimum atomic E-state index is -0.604. The van der Waals surface area contributed by atoms with Gasteiger partial charge in [-0.1, -0.05) is 42.2 Å². The second kappa shape index (κ2) is 10.0. The average molecular weight is 532 g/mol. The predicted octanol–water partition coefficient (Wildman–Crippen LogP) is 2.60. The van der Waals surface area contributed by atoms with Crippen LogP contribution in [0.3, 0.4) is 0 Å². The third-order valence-corrected chi connectivity index (χ3v) is 6.63. The summed E-state index contributed by atoms with van der Waals surface area (Å²) in [7, 11) is 1.83. The molecule has 3 N–H and O–H groups in total. The molecule has 11 heteroatoms. The molecule has 0 fully saturated rings. The van der Waals surface area contributed by atoms with Gasteiger partial charge in [0.1, 0.15) is 5.56 Å². The SMILES string of the molecule is CC(NC(=O)c1c(N)nn2cccnc12)N1Cc2cccc(C#Cc3cnn(C)c3)c2C(=O)N1c1ccccc1. The summed E-state index contributed by atoms with van der Waals surface area (Å²) < 4.78 is 3.14. The first-order valence-electron chi connectivity index (χ1n) is 12.6. The van der Waals surface area contributed by atoms with Crippen molar-refractivity contribution in [1.29, 1.82) is 0 Å². The van der Waals surface area contributed by atoms with Gasteiger partial charge in [0.25, 0.3) is 11.8 Å². The van der Waals surface area contributed by atoms with Gasteiger partial charge < -0.3 is 11.1 Å². The van der Waals surface area contributed by atoms with Crippen LogP contribution in [-0.4, -0.2) is 47.4 Å². The molecule has 0 saturated carbocycles. The first-order valence-corrected chi connectivity index (χ1v) is 12.6. The van der Waals surface area contributed by atoms with Crippen LogP contribution in [0.1, 0.15) is 44.3 Å². The normalized spacial score (nSPS) is 13.9. The third kappa shape index (κ3) is 4.42. The number of hydrogen-bond donors (Lipinski definition) is 2. The van der Waals surface area contributed by atoms with E-state index in [0.717, 1.165) is 11.1 Å². The van der Waals surface area contributed by atoms with Gasteiger partial charge in [-0.05, 0) is 36.8 Å². The number of nitrogens with two attached hydrogens (primary N) is 1. The van der Waals surface area contributed by atoms with Gasteiger partial charge in [0, 0.05) is 37.7 Å². The molecular formula is C29H25N9O2. The summed E-state index contributed by atoms with van der Waals surface area (Å²) in [6.07, 6.45) is 6.14. The lowest BCUT2D eigenvalue weighted by atomic mass is 9.97. The highest BCUT2D eigenvalue weighted by Gasteiger charge is 2.37. The first-order chi connectivity index (χ1) is 19.4. The van der Waals surface area contributed by atoms with Crippen molar-refractivity contribution in [2.75, 3.05) is 10.7 Å². The molecule has 6 rings (SSSR count). The maximum absolute atomic E-state index is 14.2. The zero-order chi connectivity index (χ0) is 27.8. The average Bonchev–Trinajstić information content (AvgIpc) is 3.53. The quantitative estimate of drug-likeness (QED) is 0.341. The molecular weight excluding hydrogens is 506 g/mol. The van der Waals surface area contributed by atoms with Gasteiger partial charge in [-0.15, -0.1) is 5.10 Å². The Morgan fingerprint density at radius 3 is 2.70 bits per heavy atom. The Bertz CT molecular complexity index is 1810. The van der Waals surface area contributed by atoms with Crippen LogP contribution in [0.15, 0.2) is 79.4 Å². The number of para-hydroxylation sites is 1. The van der Waals surface area contributed by atoms with Crippen molar-refractivity contribution in [2.45, 2.75) is 19.6 Å². The highest BCUT2D eigenvalue weighted by molar-refractivity contribution is 6.09. The first kappa shape index (κ1) is 24.8. The lowest BCUT2D eigenvalue weighted by molar-refractivity contribution is 0.0697. The van der Waals surface area contributed by atoms with Gasteiger partial charge in [0.2, 0.25) is 0 Å². The number of hydrogen-bond acceptors (Lipinski definition) is 7. The summed E-state index contributed by atoms with van der Waals surface area (Å²) in [4.78, 5) is 31.8. The smallest absolute Gasteiger partial charge is 0.274 e. The molecule has 0 aliphatic carbocycles. The fraction of sp³-hybridized carbons (Fsp3) is 0.138. The van der Waals surface area contributed by atoms with E-state index in [2.05, 4.69) is 32.3 Å². The Morgan fingerprint density at radius 2 is 1.93 bits per heavy atom. The fourth-order valence-corrected chi connectivity index (χ4v) is 4.78. The van der Waals surface area contributed by atoms with Crippen LogP contribution in [0.4, 0.5) is 11.5 Å². The van der Waals surface area contributed by atoms with Crippen molar-refractivity contribution in [3.8, 4) is 11.8 Å². The summed E-state index contributed by atoms with van der Waals surface area (Å²) in [5.41, 5.74) is 9.95. The summed E-state index contributed by atoms with van der Waals surface area (Å²) in [5, 5.41) is 14.7. The number of nitrogens with zero attached hydrogens (tertiary/aromatic N) is 7. The van der Waals surface area contributed by atoms with Gasteiger partial charge in [0.15, 0.2) is 11.5 Å². The molecule has 4 heterocycles. The van der Waals surface area contributed by atoms with E-state index in [1.54, 1.807) is 34.3 Å². The molecule has 0 radical (unpaired) electrons. The largest absolute Gasteiger partial charge is 0.381 e. The molecule has 198 valence electrons. The Hall–Kier alpha value is -5.47. The topological polar surface area (TPSA) is 127 Å². The molecule has 2 aromatic carbocycles. The van der Waals surface area contributed by atoms with Crippen molar-refractivity contribution in [3.63, 3.8) is 0 Å². The van der Waals surface area contributed by atoms with Crippen LogP contribution in [0, 0.1) is 11.8 Å². The van der Waals surface area contributed by atoms with Crippen molar-refractivity contribution in [1.82, 2.24) is 34.7 Å². The Morgan fingerprint density at radius 1 is 1.10 bits per heavy atom. The number of nitrogens with one attached hydrogen (secondary N) is 1. The minimum absolute atomic E-state index is 0.0696. The molecule has 5 aromatic rings. The van der Waals surface area contributed by atoms with E-state index < -0.39 is 12.1 Å². The van der Waals surface area contributed by atoms with Crippen molar-refractivity contribution in [3.05, 3.63) is 107 Å². The van der Waals surface area contributed by atoms with E-state index in [9.17, 15) is 9.59 Å². The maximum atomic E-state index is 14.2. The highest BCUT2D eigenvalue weighted by atomic mass is 16.2. The zero-order valence-electron chi connectivity index (χ0n) is 21.8. The standard InChI is InChI=1S/C29H25N9O2/c1-19(33-28(39)25-26(30)34-36-15-7-14-31-27(25)36)37-18-22-9-6-8-21(13-12-20-16-32-35(2)17-20)24(22)29(40)38(37)23-10-4-3-5-11-23/h3-11,14-17,19H,18H2,1-2H3,(H2,30,34)(H,33,39). The van der Waals surface area contributed by atoms with Crippen LogP contribution in [0.2, 0.25) is 0 Å². The van der Waals surface area contributed by atoms with Crippen LogP contribution >= 0.6 is 0 Å². The zero-order valence-corrected chi connectivity index (χ0v) is 21.8. The summed E-state index contributed by atoms with van der Waals surface area (Å²) in [5.74, 6) is 5.63. The van der Waals surface area contributed by atoms with Crippen LogP contribution < -0.4 is 16.1 Å². The number of carbonyl (C=O) groups excluding carboxylic acids is 2. The molecule has 11 nitrogen and oxygen atoms in total. The summed E-state index contributed by atoms with van der Waals surface area (Å²) in [6, 6.07) is 16.6. The van der Waals surface area contributed by atoms with Crippen LogP contribution in [-0.2, 0) is 13.6 Å². The molecule has 3 aromatic heterocycles. The van der Waals surface area contributed by atoms with Gasteiger partial charge >= 0.3 is 0 Å². The van der Waals surface area contributed by atoms with E-state index >= 15 is 0 Å². The molecule has 1 unspecified atom stereocenters. The lowest BCUT2D eigenvalue weighted by Gasteiger charge is -2.42. The summed E-state index contributed by atoms with van der Waals surface area (Å²) >= 11 is 0. The lowest BCUT2D eigenvalue weighted by Crippen LogP contribution is -2.59. The van der Waals surface area contributed by atoms with Gasteiger partial charge in [-0.3, -0.25) is 14.3 Å². The van der Waals surface area contributed by atoms with Crippen LogP contribution in [0.25, 0.3) is 5.65 Å². The molecule has 2 amide bonds. The van der Waals surface area contributed by atoms with E-state index in [4.69, 9.17) is 5.73 Å². The third-order valence-electron chi connectivity index (χ3n) is 6.63. The van der Waals surface area contributed by atoms with Crippen molar-refractivity contribution in [2.24, 2.45) is 7.05 Å². The van der Waals surface area contributed by atoms with E-state index in [1.807, 2.05) is 73.7 Å². The number of anilines is 2. The number of aryl methyl sites for hydroxylation is 1. The molecule has 40 heavy (non-hydrogen) atoms. The Labute approximate surface area is 229 Å². The molecule has 1 aliphatic rings. The number of hydrazine groups is 1. The predicted molar refractivity (Wildman–Crippen MR) is 149 cm³/mol. The molecule has 0 bridgehead atoms. The second-order valence-electron chi connectivity index (χ2n) is 9.34. The Balaban J connectivity index is 1.37. The van der Waals surface area contributed by atoms with E-state index in [0.29, 0.717) is 29.0 Å². The highest BCUT2D eigenvalue weighted by Crippen LogP contribution is 2.31. The van der Waals surface area contributed by atoms with E-state index in [1.165, 1.54) is 4.52 Å². The fourth-order valence-electron chi connectivity index (χ4n) is 4.78. The van der Waals surface area contributed by atoms with Crippen molar-refractivity contribution >= 4 is 29.0 Å². The van der Waals surface area contributed by atoms with E-state index in [-0.39, 0.29) is 17.3 Å². The monoisotopic (exact) mass is 531 g/mol. The maximum Gasteiger partial charge on any atom is 0.274 e. The second-order valence-corrected chi connectivity index (χ2v) is 9.34. The summed E-state index contributed by atoms with van der Waals surface area (Å²) in [6.45, 7) is 2.16. The Kier molecular flexibility index (Phi) is 6.22. The van der Waals surface area contributed by atoms with Crippen LogP contribution in [0.5, 0.6) is 0 Å². The number of aromatic nitrogens is 5. The number of carbonyl (C=O) groups is 2. The minimum Gasteiger partial charge on any atom is -0.381 e. The molecule has 0 spiro atoms. The molecule has 1 aliphatic heterocycles. The number of rotatable bonds is 4. The van der Waals surface area contributed by atoms with Gasteiger partial charge in [-0.25, -0.2) is 14.5 Å². The molecule has 1 atom stereocenters. The number of fused-ring (bicyclic) bond motifs is 2. The number of nitrogen functional groups attached to an aromatic ring is 1. The molecule has 0 saturated heterocycles. The number of benzene rings is 2. The van der Waals surface area contributed by atoms with Gasteiger partial charge in [-0.2, -0.15) is 10.1 Å².